The molecule has 0 aromatic heterocycles. The normalized spacial score (nSPS) is 18.0. The molecule has 0 unspecified atom stereocenters. The Bertz CT molecular complexity index is 535. The summed E-state index contributed by atoms with van der Waals surface area (Å²) in [5, 5.41) is 0. The van der Waals surface area contributed by atoms with Crippen molar-refractivity contribution in [2.75, 3.05) is 20.3 Å². The smallest absolute Gasteiger partial charge is 0.240 e. The minimum absolute atomic E-state index is 0.00942. The van der Waals surface area contributed by atoms with Gasteiger partial charge < -0.3 is 4.74 Å². The van der Waals surface area contributed by atoms with Gasteiger partial charge in [0, 0.05) is 19.1 Å². The molecule has 1 aromatic rings. The molecule has 1 aromatic carbocycles. The van der Waals surface area contributed by atoms with Gasteiger partial charge in [-0.2, -0.15) is 0 Å². The van der Waals surface area contributed by atoms with Gasteiger partial charge in [0.1, 0.15) is 0 Å². The van der Waals surface area contributed by atoms with Crippen molar-refractivity contribution < 1.29 is 13.2 Å². The third-order valence-corrected chi connectivity index (χ3v) is 5.45. The number of benzene rings is 1. The van der Waals surface area contributed by atoms with E-state index in [4.69, 9.17) is 4.74 Å². The van der Waals surface area contributed by atoms with Gasteiger partial charge in [-0.3, -0.25) is 0 Å². The van der Waals surface area contributed by atoms with Gasteiger partial charge in [0.05, 0.1) is 11.5 Å². The molecule has 0 spiro atoms. The van der Waals surface area contributed by atoms with Gasteiger partial charge in [-0.1, -0.05) is 24.6 Å². The lowest BCUT2D eigenvalue weighted by Gasteiger charge is -2.41. The van der Waals surface area contributed by atoms with E-state index in [9.17, 15) is 8.42 Å². The van der Waals surface area contributed by atoms with Crippen molar-refractivity contribution >= 4 is 10.0 Å². The predicted octanol–water partition coefficient (Wildman–Crippen LogP) is 2.09. The summed E-state index contributed by atoms with van der Waals surface area (Å²) in [6.07, 6.45) is 3.20. The number of hydrogen-bond acceptors (Lipinski definition) is 3. The summed E-state index contributed by atoms with van der Waals surface area (Å²) in [4.78, 5) is 0.363. The van der Waals surface area contributed by atoms with Gasteiger partial charge >= 0.3 is 0 Å². The van der Waals surface area contributed by atoms with Crippen molar-refractivity contribution in [2.24, 2.45) is 5.41 Å². The molecule has 0 bridgehead atoms. The molecule has 106 valence electrons. The largest absolute Gasteiger partial charge is 0.384 e. The highest BCUT2D eigenvalue weighted by Gasteiger charge is 2.38. The molecule has 0 saturated heterocycles. The van der Waals surface area contributed by atoms with Crippen LogP contribution in [0.2, 0.25) is 0 Å². The summed E-state index contributed by atoms with van der Waals surface area (Å²) >= 11 is 0. The van der Waals surface area contributed by atoms with Gasteiger partial charge in [-0.15, -0.1) is 0 Å². The molecule has 1 aliphatic rings. The molecule has 0 radical (unpaired) electrons. The molecule has 1 aliphatic carbocycles. The van der Waals surface area contributed by atoms with Crippen LogP contribution in [-0.4, -0.2) is 28.7 Å². The molecule has 2 rings (SSSR count). The average Bonchev–Trinajstić information content (AvgIpc) is 2.33. The number of rotatable bonds is 6. The second kappa shape index (κ2) is 5.61. The van der Waals surface area contributed by atoms with E-state index in [1.54, 1.807) is 19.2 Å². The number of hydrogen-bond donors (Lipinski definition) is 1. The minimum atomic E-state index is -3.42. The molecular weight excluding hydrogens is 262 g/mol. The fraction of sp³-hybridized carbons (Fsp3) is 0.571. The molecule has 1 N–H and O–H groups in total. The van der Waals surface area contributed by atoms with Gasteiger partial charge in [-0.25, -0.2) is 13.1 Å². The number of ether oxygens (including phenoxy) is 1. The monoisotopic (exact) mass is 283 g/mol. The quantitative estimate of drug-likeness (QED) is 0.869. The van der Waals surface area contributed by atoms with Crippen molar-refractivity contribution in [1.29, 1.82) is 0 Å². The molecule has 1 saturated carbocycles. The van der Waals surface area contributed by atoms with Crippen LogP contribution in [-0.2, 0) is 14.8 Å². The first-order chi connectivity index (χ1) is 8.99. The summed E-state index contributed by atoms with van der Waals surface area (Å²) in [5.41, 5.74) is 0.759. The van der Waals surface area contributed by atoms with Crippen LogP contribution in [0, 0.1) is 12.3 Å². The molecule has 5 heteroatoms. The third-order valence-electron chi connectivity index (χ3n) is 3.89. The maximum atomic E-state index is 12.3. The molecule has 0 amide bonds. The fourth-order valence-corrected chi connectivity index (χ4v) is 3.94. The molecule has 4 nitrogen and oxygen atoms in total. The van der Waals surface area contributed by atoms with Crippen molar-refractivity contribution in [3.05, 3.63) is 29.8 Å². The number of aryl methyl sites for hydroxylation is 1. The van der Waals surface area contributed by atoms with E-state index in [-0.39, 0.29) is 5.41 Å². The molecule has 19 heavy (non-hydrogen) atoms. The van der Waals surface area contributed by atoms with Crippen LogP contribution < -0.4 is 4.72 Å². The molecule has 0 heterocycles. The summed E-state index contributed by atoms with van der Waals surface area (Å²) in [5.74, 6) is 0. The highest BCUT2D eigenvalue weighted by atomic mass is 32.2. The van der Waals surface area contributed by atoms with E-state index >= 15 is 0 Å². The lowest BCUT2D eigenvalue weighted by molar-refractivity contribution is 0.0220. The molecule has 0 aliphatic heterocycles. The van der Waals surface area contributed by atoms with E-state index in [0.29, 0.717) is 18.0 Å². The Balaban J connectivity index is 2.08. The first kappa shape index (κ1) is 14.5. The summed E-state index contributed by atoms with van der Waals surface area (Å²) in [6, 6.07) is 7.03. The van der Waals surface area contributed by atoms with Crippen molar-refractivity contribution in [1.82, 2.24) is 4.72 Å². The van der Waals surface area contributed by atoms with Crippen molar-refractivity contribution in [3.8, 4) is 0 Å². The first-order valence-corrected chi connectivity index (χ1v) is 8.02. The number of methoxy groups -OCH3 is 1. The van der Waals surface area contributed by atoms with E-state index in [0.717, 1.165) is 24.8 Å². The predicted molar refractivity (Wildman–Crippen MR) is 74.5 cm³/mol. The highest BCUT2D eigenvalue weighted by Crippen LogP contribution is 2.40. The summed E-state index contributed by atoms with van der Waals surface area (Å²) < 4.78 is 32.5. The van der Waals surface area contributed by atoms with Gasteiger partial charge in [-0.05, 0) is 31.4 Å². The van der Waals surface area contributed by atoms with Crippen LogP contribution in [0.5, 0.6) is 0 Å². The topological polar surface area (TPSA) is 55.4 Å². The molecule has 1 fully saturated rings. The Kier molecular flexibility index (Phi) is 4.28. The Labute approximate surface area is 115 Å². The summed E-state index contributed by atoms with van der Waals surface area (Å²) in [7, 11) is -1.76. The zero-order valence-electron chi connectivity index (χ0n) is 11.5. The lowest BCUT2D eigenvalue weighted by atomic mass is 9.69. The van der Waals surface area contributed by atoms with E-state index in [2.05, 4.69) is 4.72 Å². The number of sulfonamides is 1. The van der Waals surface area contributed by atoms with E-state index in [1.165, 1.54) is 0 Å². The summed E-state index contributed by atoms with van der Waals surface area (Å²) in [6.45, 7) is 2.88. The number of nitrogens with one attached hydrogen (secondary N) is 1. The minimum Gasteiger partial charge on any atom is -0.384 e. The van der Waals surface area contributed by atoms with Crippen LogP contribution in [0.25, 0.3) is 0 Å². The SMILES string of the molecule is COCC1(CNS(=O)(=O)c2ccccc2C)CCC1. The van der Waals surface area contributed by atoms with Crippen LogP contribution in [0.15, 0.2) is 29.2 Å². The van der Waals surface area contributed by atoms with Crippen LogP contribution in [0.1, 0.15) is 24.8 Å². The maximum absolute atomic E-state index is 12.3. The van der Waals surface area contributed by atoms with Gasteiger partial charge in [0.2, 0.25) is 10.0 Å². The Hall–Kier alpha value is -0.910. The van der Waals surface area contributed by atoms with Crippen molar-refractivity contribution in [3.63, 3.8) is 0 Å². The van der Waals surface area contributed by atoms with Gasteiger partial charge in [0.25, 0.3) is 0 Å². The van der Waals surface area contributed by atoms with E-state index in [1.807, 2.05) is 19.1 Å². The Morgan fingerprint density at radius 2 is 2.00 bits per heavy atom. The third kappa shape index (κ3) is 3.16. The Morgan fingerprint density at radius 1 is 1.32 bits per heavy atom. The second-order valence-electron chi connectivity index (χ2n) is 5.38. The molecule has 0 atom stereocenters. The second-order valence-corrected chi connectivity index (χ2v) is 7.11. The zero-order chi connectivity index (χ0) is 13.9. The molecular formula is C14H21NO3S. The van der Waals surface area contributed by atoms with Gasteiger partial charge in [0.15, 0.2) is 0 Å². The lowest BCUT2D eigenvalue weighted by Crippen LogP contribution is -2.45. The van der Waals surface area contributed by atoms with Crippen LogP contribution >= 0.6 is 0 Å². The average molecular weight is 283 g/mol. The standard InChI is InChI=1S/C14H21NO3S/c1-12-6-3-4-7-13(12)19(16,17)15-10-14(11-18-2)8-5-9-14/h3-4,6-7,15H,5,8-11H2,1-2H3. The first-order valence-electron chi connectivity index (χ1n) is 6.53. The van der Waals surface area contributed by atoms with E-state index < -0.39 is 10.0 Å². The van der Waals surface area contributed by atoms with Crippen LogP contribution in [0.4, 0.5) is 0 Å². The maximum Gasteiger partial charge on any atom is 0.240 e. The fourth-order valence-electron chi connectivity index (χ4n) is 2.54. The Morgan fingerprint density at radius 3 is 2.53 bits per heavy atom. The highest BCUT2D eigenvalue weighted by molar-refractivity contribution is 7.89. The van der Waals surface area contributed by atoms with Crippen molar-refractivity contribution in [2.45, 2.75) is 31.1 Å². The van der Waals surface area contributed by atoms with Crippen LogP contribution in [0.3, 0.4) is 0 Å². The zero-order valence-corrected chi connectivity index (χ0v) is 12.3.